The van der Waals surface area contributed by atoms with E-state index in [0.717, 1.165) is 37.4 Å². The Morgan fingerprint density at radius 3 is 1.90 bits per heavy atom. The second kappa shape index (κ2) is 14.8. The van der Waals surface area contributed by atoms with Gasteiger partial charge in [0.1, 0.15) is 12.4 Å². The van der Waals surface area contributed by atoms with E-state index in [1.807, 2.05) is 24.3 Å². The number of benzene rings is 1. The molecular weight excluding hydrogens is 364 g/mol. The van der Waals surface area contributed by atoms with Crippen LogP contribution in [0.5, 0.6) is 11.5 Å². The van der Waals surface area contributed by atoms with Gasteiger partial charge in [-0.3, -0.25) is 0 Å². The van der Waals surface area contributed by atoms with Crippen molar-refractivity contribution >= 4 is 0 Å². The summed E-state index contributed by atoms with van der Waals surface area (Å²) >= 11 is 0. The molecule has 0 aliphatic rings. The van der Waals surface area contributed by atoms with Crippen molar-refractivity contribution in [2.24, 2.45) is 0 Å². The van der Waals surface area contributed by atoms with Crippen molar-refractivity contribution in [1.29, 1.82) is 0 Å². The maximum atomic E-state index is 5.78. The predicted molar refractivity (Wildman–Crippen MR) is 118 cm³/mol. The van der Waals surface area contributed by atoms with Crippen LogP contribution in [0.2, 0.25) is 0 Å². The molecule has 160 valence electrons. The van der Waals surface area contributed by atoms with E-state index in [-0.39, 0.29) is 0 Å². The Balaban J connectivity index is 1.67. The zero-order valence-corrected chi connectivity index (χ0v) is 18.1. The monoisotopic (exact) mass is 400 g/mol. The summed E-state index contributed by atoms with van der Waals surface area (Å²) in [5.41, 5.74) is 0.963. The van der Waals surface area contributed by atoms with E-state index in [2.05, 4.69) is 23.8 Å². The van der Waals surface area contributed by atoms with Crippen LogP contribution in [0.1, 0.15) is 65.2 Å². The number of rotatable bonds is 16. The van der Waals surface area contributed by atoms with Crippen molar-refractivity contribution in [1.82, 2.24) is 9.97 Å². The van der Waals surface area contributed by atoms with Crippen LogP contribution in [0.15, 0.2) is 36.7 Å². The van der Waals surface area contributed by atoms with Gasteiger partial charge in [-0.05, 0) is 37.1 Å². The summed E-state index contributed by atoms with van der Waals surface area (Å²) in [7, 11) is 0. The van der Waals surface area contributed by atoms with E-state index in [4.69, 9.17) is 14.2 Å². The zero-order chi connectivity index (χ0) is 20.6. The Labute approximate surface area is 175 Å². The molecule has 0 saturated carbocycles. The van der Waals surface area contributed by atoms with E-state index in [0.29, 0.717) is 24.8 Å². The predicted octanol–water partition coefficient (Wildman–Crippen LogP) is 6.08. The molecule has 2 rings (SSSR count). The standard InChI is InChI=1S/C24H36N2O3/c1-3-5-7-9-15-27-17-18-29-23-19-25-24(26-20-23)21-11-13-22(14-12-21)28-16-10-8-6-4-2/h11-14,19-20H,3-10,15-18H2,1-2H3. The van der Waals surface area contributed by atoms with Gasteiger partial charge in [0.25, 0.3) is 0 Å². The molecule has 0 radical (unpaired) electrons. The van der Waals surface area contributed by atoms with Crippen molar-refractivity contribution in [3.8, 4) is 22.9 Å². The van der Waals surface area contributed by atoms with Crippen LogP contribution in [0.25, 0.3) is 11.4 Å². The first kappa shape index (κ1) is 23.1. The molecule has 1 aromatic carbocycles. The van der Waals surface area contributed by atoms with Gasteiger partial charge in [0.15, 0.2) is 11.6 Å². The smallest absolute Gasteiger partial charge is 0.159 e. The second-order valence-corrected chi connectivity index (χ2v) is 7.20. The number of hydrogen-bond acceptors (Lipinski definition) is 5. The maximum Gasteiger partial charge on any atom is 0.159 e. The third-order valence-electron chi connectivity index (χ3n) is 4.65. The average molecular weight is 401 g/mol. The van der Waals surface area contributed by atoms with Crippen molar-refractivity contribution in [3.63, 3.8) is 0 Å². The number of aromatic nitrogens is 2. The Morgan fingerprint density at radius 1 is 0.621 bits per heavy atom. The molecule has 0 atom stereocenters. The molecule has 5 heteroatoms. The summed E-state index contributed by atoms with van der Waals surface area (Å²) < 4.78 is 17.0. The number of hydrogen-bond donors (Lipinski definition) is 0. The molecule has 0 aliphatic heterocycles. The van der Waals surface area contributed by atoms with Crippen LogP contribution < -0.4 is 9.47 Å². The fourth-order valence-corrected chi connectivity index (χ4v) is 2.91. The SMILES string of the molecule is CCCCCCOCCOc1cnc(-c2ccc(OCCCCCC)cc2)nc1. The van der Waals surface area contributed by atoms with Gasteiger partial charge in [0.2, 0.25) is 0 Å². The molecule has 0 spiro atoms. The van der Waals surface area contributed by atoms with Crippen LogP contribution in [0.4, 0.5) is 0 Å². The maximum absolute atomic E-state index is 5.78. The van der Waals surface area contributed by atoms with E-state index >= 15 is 0 Å². The first-order valence-corrected chi connectivity index (χ1v) is 11.1. The fraction of sp³-hybridized carbons (Fsp3) is 0.583. The summed E-state index contributed by atoms with van der Waals surface area (Å²) in [4.78, 5) is 8.81. The molecular formula is C24H36N2O3. The molecule has 0 aliphatic carbocycles. The summed E-state index contributed by atoms with van der Waals surface area (Å²) in [6.45, 7) is 7.10. The summed E-state index contributed by atoms with van der Waals surface area (Å²) in [5, 5.41) is 0. The molecule has 0 fully saturated rings. The van der Waals surface area contributed by atoms with E-state index in [1.165, 1.54) is 38.5 Å². The minimum absolute atomic E-state index is 0.515. The molecule has 29 heavy (non-hydrogen) atoms. The Bertz CT molecular complexity index is 644. The average Bonchev–Trinajstić information content (AvgIpc) is 2.76. The normalized spacial score (nSPS) is 10.8. The second-order valence-electron chi connectivity index (χ2n) is 7.20. The summed E-state index contributed by atoms with van der Waals surface area (Å²) in [5.74, 6) is 2.23. The van der Waals surface area contributed by atoms with Gasteiger partial charge < -0.3 is 14.2 Å². The lowest BCUT2D eigenvalue weighted by molar-refractivity contribution is 0.0969. The van der Waals surface area contributed by atoms with Gasteiger partial charge in [0, 0.05) is 12.2 Å². The van der Waals surface area contributed by atoms with Crippen molar-refractivity contribution in [3.05, 3.63) is 36.7 Å². The van der Waals surface area contributed by atoms with Gasteiger partial charge >= 0.3 is 0 Å². The first-order chi connectivity index (χ1) is 14.3. The van der Waals surface area contributed by atoms with Gasteiger partial charge in [0.05, 0.1) is 25.6 Å². The number of nitrogens with zero attached hydrogens (tertiary/aromatic N) is 2. The molecule has 2 aromatic rings. The summed E-state index contributed by atoms with van der Waals surface area (Å²) in [6, 6.07) is 7.93. The third kappa shape index (κ3) is 9.75. The molecule has 1 aromatic heterocycles. The van der Waals surface area contributed by atoms with Crippen LogP contribution in [0, 0.1) is 0 Å². The highest BCUT2D eigenvalue weighted by Gasteiger charge is 2.03. The first-order valence-electron chi connectivity index (χ1n) is 11.1. The largest absolute Gasteiger partial charge is 0.494 e. The van der Waals surface area contributed by atoms with Gasteiger partial charge in [-0.15, -0.1) is 0 Å². The Hall–Kier alpha value is -2.14. The van der Waals surface area contributed by atoms with E-state index in [1.54, 1.807) is 12.4 Å². The molecule has 0 N–H and O–H groups in total. The topological polar surface area (TPSA) is 53.5 Å². The van der Waals surface area contributed by atoms with Gasteiger partial charge in [-0.1, -0.05) is 52.4 Å². The van der Waals surface area contributed by atoms with Crippen LogP contribution >= 0.6 is 0 Å². The Kier molecular flexibility index (Phi) is 11.8. The van der Waals surface area contributed by atoms with Gasteiger partial charge in [-0.2, -0.15) is 0 Å². The molecule has 0 unspecified atom stereocenters. The summed E-state index contributed by atoms with van der Waals surface area (Å²) in [6.07, 6.45) is 13.1. The molecule has 0 saturated heterocycles. The lowest BCUT2D eigenvalue weighted by Gasteiger charge is -2.08. The van der Waals surface area contributed by atoms with E-state index < -0.39 is 0 Å². The highest BCUT2D eigenvalue weighted by atomic mass is 16.5. The van der Waals surface area contributed by atoms with Crippen molar-refractivity contribution in [2.45, 2.75) is 65.2 Å². The molecule has 0 bridgehead atoms. The lowest BCUT2D eigenvalue weighted by Crippen LogP contribution is -2.08. The fourth-order valence-electron chi connectivity index (χ4n) is 2.91. The number of ether oxygens (including phenoxy) is 3. The van der Waals surface area contributed by atoms with Crippen LogP contribution in [-0.2, 0) is 4.74 Å². The highest BCUT2D eigenvalue weighted by Crippen LogP contribution is 2.20. The van der Waals surface area contributed by atoms with Crippen molar-refractivity contribution in [2.75, 3.05) is 26.4 Å². The van der Waals surface area contributed by atoms with Crippen LogP contribution in [0.3, 0.4) is 0 Å². The molecule has 0 amide bonds. The minimum atomic E-state index is 0.515. The van der Waals surface area contributed by atoms with Crippen LogP contribution in [-0.4, -0.2) is 36.4 Å². The Morgan fingerprint density at radius 2 is 1.24 bits per heavy atom. The quantitative estimate of drug-likeness (QED) is 0.320. The zero-order valence-electron chi connectivity index (χ0n) is 18.1. The third-order valence-corrected chi connectivity index (χ3v) is 4.65. The molecule has 5 nitrogen and oxygen atoms in total. The molecule has 1 heterocycles. The highest BCUT2D eigenvalue weighted by molar-refractivity contribution is 5.56. The minimum Gasteiger partial charge on any atom is -0.494 e. The lowest BCUT2D eigenvalue weighted by atomic mass is 10.2. The van der Waals surface area contributed by atoms with E-state index in [9.17, 15) is 0 Å². The van der Waals surface area contributed by atoms with Crippen molar-refractivity contribution < 1.29 is 14.2 Å². The van der Waals surface area contributed by atoms with Gasteiger partial charge in [-0.25, -0.2) is 9.97 Å². The number of unbranched alkanes of at least 4 members (excludes halogenated alkanes) is 6.